The average molecular weight is 501 g/mol. The lowest BCUT2D eigenvalue weighted by Gasteiger charge is -2.29. The van der Waals surface area contributed by atoms with Gasteiger partial charge in [-0.15, -0.1) is 0 Å². The van der Waals surface area contributed by atoms with Crippen molar-refractivity contribution in [2.24, 2.45) is 0 Å². The summed E-state index contributed by atoms with van der Waals surface area (Å²) in [5.41, 5.74) is 0.0552. The molecule has 0 aromatic heterocycles. The number of unbranched alkanes of at least 4 members (excludes halogenated alkanes) is 16. The minimum atomic E-state index is -1.62. The van der Waals surface area contributed by atoms with E-state index in [9.17, 15) is 14.7 Å². The average Bonchev–Trinajstić information content (AvgIpc) is 2.75. The Bertz CT molecular complexity index is 470. The molecule has 0 bridgehead atoms. The first-order valence-electron chi connectivity index (χ1n) is 14.6. The molecule has 1 atom stereocenters. The van der Waals surface area contributed by atoms with E-state index in [0.717, 1.165) is 25.7 Å². The molecule has 0 aliphatic heterocycles. The molecular weight excluding hydrogens is 441 g/mol. The van der Waals surface area contributed by atoms with Crippen molar-refractivity contribution >= 4 is 19.0 Å². The lowest BCUT2D eigenvalue weighted by Crippen LogP contribution is -2.41. The highest BCUT2D eigenvalue weighted by Crippen LogP contribution is 2.45. The van der Waals surface area contributed by atoms with Gasteiger partial charge in [0.2, 0.25) is 0 Å². The number of carbonyl (C=O) groups is 2. The van der Waals surface area contributed by atoms with Gasteiger partial charge in [-0.25, -0.2) is 0 Å². The SMILES string of the molecule is CCCCCCCCCCCC(=O)P(C(=O)CCCCCCCCCCC)C(O)C[N+](C)(C)C. The summed E-state index contributed by atoms with van der Waals surface area (Å²) in [4.78, 5) is 26.0. The van der Waals surface area contributed by atoms with Gasteiger partial charge in [-0.3, -0.25) is 9.59 Å². The van der Waals surface area contributed by atoms with Gasteiger partial charge in [0.15, 0.2) is 11.0 Å². The van der Waals surface area contributed by atoms with Crippen molar-refractivity contribution in [2.45, 2.75) is 148 Å². The molecule has 0 aromatic carbocycles. The smallest absolute Gasteiger partial charge is 0.164 e. The van der Waals surface area contributed by atoms with Crippen LogP contribution in [0, 0.1) is 0 Å². The van der Waals surface area contributed by atoms with Gasteiger partial charge in [0.25, 0.3) is 0 Å². The van der Waals surface area contributed by atoms with Gasteiger partial charge in [0, 0.05) is 12.8 Å². The van der Waals surface area contributed by atoms with Gasteiger partial charge in [0.1, 0.15) is 12.4 Å². The number of rotatable bonds is 25. The van der Waals surface area contributed by atoms with Gasteiger partial charge < -0.3 is 9.59 Å². The Morgan fingerprint density at radius 3 is 1.18 bits per heavy atom. The van der Waals surface area contributed by atoms with Crippen LogP contribution >= 0.6 is 7.92 Å². The highest BCUT2D eigenvalue weighted by Gasteiger charge is 2.35. The van der Waals surface area contributed by atoms with Crippen LogP contribution in [0.4, 0.5) is 0 Å². The molecule has 0 saturated carbocycles. The molecule has 0 amide bonds. The summed E-state index contributed by atoms with van der Waals surface area (Å²) >= 11 is 0. The van der Waals surface area contributed by atoms with Crippen LogP contribution in [0.5, 0.6) is 0 Å². The number of aliphatic hydroxyl groups is 1. The third-order valence-electron chi connectivity index (χ3n) is 6.53. The molecule has 0 radical (unpaired) electrons. The highest BCUT2D eigenvalue weighted by atomic mass is 31.1. The molecule has 1 N–H and O–H groups in total. The van der Waals surface area contributed by atoms with Gasteiger partial charge in [-0.1, -0.05) is 117 Å². The maximum atomic E-state index is 13.0. The summed E-state index contributed by atoms with van der Waals surface area (Å²) in [6, 6.07) is 0. The Labute approximate surface area is 214 Å². The summed E-state index contributed by atoms with van der Waals surface area (Å²) < 4.78 is 0.566. The zero-order valence-corrected chi connectivity index (χ0v) is 24.5. The number of nitrogens with zero attached hydrogens (tertiary/aromatic N) is 1. The summed E-state index contributed by atoms with van der Waals surface area (Å²) in [6.07, 6.45) is 22.7. The molecule has 0 aliphatic rings. The molecule has 5 heteroatoms. The quantitative estimate of drug-likeness (QED) is 0.0778. The number of hydrogen-bond acceptors (Lipinski definition) is 3. The fourth-order valence-corrected chi connectivity index (χ4v) is 6.85. The third kappa shape index (κ3) is 19.9. The van der Waals surface area contributed by atoms with Crippen LogP contribution in [0.15, 0.2) is 0 Å². The van der Waals surface area contributed by atoms with Crippen molar-refractivity contribution in [2.75, 3.05) is 27.7 Å². The minimum absolute atomic E-state index is 0.0276. The fraction of sp³-hybridized carbons (Fsp3) is 0.931. The van der Waals surface area contributed by atoms with E-state index >= 15 is 0 Å². The lowest BCUT2D eigenvalue weighted by atomic mass is 10.1. The Balaban J connectivity index is 4.37. The first-order valence-corrected chi connectivity index (χ1v) is 16.0. The molecule has 1 unspecified atom stereocenters. The van der Waals surface area contributed by atoms with Crippen LogP contribution in [0.2, 0.25) is 0 Å². The second kappa shape index (κ2) is 21.9. The molecule has 0 saturated heterocycles. The van der Waals surface area contributed by atoms with E-state index in [1.54, 1.807) is 0 Å². The molecule has 0 aromatic rings. The number of carbonyl (C=O) groups excluding carboxylic acids is 2. The van der Waals surface area contributed by atoms with Crippen LogP contribution in [-0.2, 0) is 9.59 Å². The Morgan fingerprint density at radius 1 is 0.588 bits per heavy atom. The molecule has 0 rings (SSSR count). The largest absolute Gasteiger partial charge is 0.382 e. The number of quaternary nitrogens is 1. The van der Waals surface area contributed by atoms with Crippen LogP contribution in [0.1, 0.15) is 142 Å². The van der Waals surface area contributed by atoms with Gasteiger partial charge >= 0.3 is 0 Å². The number of hydrogen-bond donors (Lipinski definition) is 1. The third-order valence-corrected chi connectivity index (χ3v) is 8.82. The monoisotopic (exact) mass is 500 g/mol. The van der Waals surface area contributed by atoms with Crippen LogP contribution in [0.3, 0.4) is 0 Å². The molecule has 34 heavy (non-hydrogen) atoms. The normalized spacial score (nSPS) is 12.9. The Kier molecular flexibility index (Phi) is 21.7. The highest BCUT2D eigenvalue weighted by molar-refractivity contribution is 7.89. The van der Waals surface area contributed by atoms with Gasteiger partial charge in [-0.05, 0) is 12.8 Å². The van der Waals surface area contributed by atoms with Crippen LogP contribution < -0.4 is 0 Å². The van der Waals surface area contributed by atoms with Crippen molar-refractivity contribution in [3.8, 4) is 0 Å². The molecular formula is C29H59NO3P+. The van der Waals surface area contributed by atoms with E-state index in [0.29, 0.717) is 23.9 Å². The van der Waals surface area contributed by atoms with E-state index in [-0.39, 0.29) is 11.0 Å². The van der Waals surface area contributed by atoms with Crippen molar-refractivity contribution in [1.29, 1.82) is 0 Å². The minimum Gasteiger partial charge on any atom is -0.382 e. The number of likely N-dealkylation sites (N-methyl/N-ethyl adjacent to an activating group) is 1. The zero-order chi connectivity index (χ0) is 25.7. The van der Waals surface area contributed by atoms with E-state index in [1.165, 1.54) is 89.9 Å². The van der Waals surface area contributed by atoms with Gasteiger partial charge in [0.05, 0.1) is 29.1 Å². The summed E-state index contributed by atoms with van der Waals surface area (Å²) in [7, 11) is 4.40. The number of aliphatic hydroxyl groups excluding tert-OH is 1. The second-order valence-corrected chi connectivity index (χ2v) is 13.6. The fourth-order valence-electron chi connectivity index (χ4n) is 4.46. The van der Waals surface area contributed by atoms with Crippen LogP contribution in [-0.4, -0.2) is 54.2 Å². The second-order valence-electron chi connectivity index (χ2n) is 11.3. The van der Waals surface area contributed by atoms with Crippen molar-refractivity contribution in [3.05, 3.63) is 0 Å². The zero-order valence-electron chi connectivity index (χ0n) is 23.6. The maximum Gasteiger partial charge on any atom is 0.164 e. The van der Waals surface area contributed by atoms with Crippen molar-refractivity contribution in [3.63, 3.8) is 0 Å². The molecule has 0 spiro atoms. The summed E-state index contributed by atoms with van der Waals surface area (Å²) in [5, 5.41) is 10.8. The van der Waals surface area contributed by atoms with E-state index in [1.807, 2.05) is 21.1 Å². The van der Waals surface area contributed by atoms with E-state index in [2.05, 4.69) is 13.8 Å². The van der Waals surface area contributed by atoms with Crippen LogP contribution in [0.25, 0.3) is 0 Å². The van der Waals surface area contributed by atoms with E-state index in [4.69, 9.17) is 0 Å². The topological polar surface area (TPSA) is 54.4 Å². The molecule has 0 aliphatic carbocycles. The Morgan fingerprint density at radius 2 is 0.882 bits per heavy atom. The first-order chi connectivity index (χ1) is 16.2. The van der Waals surface area contributed by atoms with Gasteiger partial charge in [-0.2, -0.15) is 0 Å². The maximum absolute atomic E-state index is 13.0. The molecule has 202 valence electrons. The van der Waals surface area contributed by atoms with E-state index < -0.39 is 13.8 Å². The van der Waals surface area contributed by atoms with Crippen molar-refractivity contribution in [1.82, 2.24) is 0 Å². The standard InChI is InChI=1S/C29H59NO3P/c1-6-8-10-12-14-16-18-20-22-24-27(31)34(29(33)26-30(3,4)5)28(32)25-23-21-19-17-15-13-11-9-7-2/h29,33H,6-26H2,1-5H3/q+1. The predicted octanol–water partition coefficient (Wildman–Crippen LogP) is 8.39. The molecule has 0 fully saturated rings. The van der Waals surface area contributed by atoms with Crippen molar-refractivity contribution < 1.29 is 19.2 Å². The Hall–Kier alpha value is -0.310. The predicted molar refractivity (Wildman–Crippen MR) is 150 cm³/mol. The molecule has 0 heterocycles. The lowest BCUT2D eigenvalue weighted by molar-refractivity contribution is -0.871. The molecule has 4 nitrogen and oxygen atoms in total. The summed E-state index contributed by atoms with van der Waals surface area (Å²) in [5.74, 6) is -0.813. The summed E-state index contributed by atoms with van der Waals surface area (Å²) in [6.45, 7) is 4.94. The first kappa shape index (κ1) is 33.7.